The first-order chi connectivity index (χ1) is 9.65. The second kappa shape index (κ2) is 4.93. The normalized spacial score (nSPS) is 27.8. The predicted molar refractivity (Wildman–Crippen MR) is 82.2 cm³/mol. The van der Waals surface area contributed by atoms with E-state index in [1.807, 2.05) is 12.3 Å². The number of halogens is 1. The second-order valence-corrected chi connectivity index (χ2v) is 5.79. The van der Waals surface area contributed by atoms with E-state index in [1.165, 1.54) is 0 Å². The molecule has 2 heteroatoms. The van der Waals surface area contributed by atoms with E-state index < -0.39 is 0 Å². The van der Waals surface area contributed by atoms with Gasteiger partial charge >= 0.3 is 0 Å². The largest absolute Gasteiger partial charge is 0.338 e. The molecule has 0 N–H and O–H groups in total. The number of benzene rings is 1. The molecule has 0 radical (unpaired) electrons. The fourth-order valence-electron chi connectivity index (χ4n) is 3.11. The molecule has 1 heterocycles. The van der Waals surface area contributed by atoms with Crippen LogP contribution in [-0.4, -0.2) is 6.04 Å². The zero-order chi connectivity index (χ0) is 14.2. The maximum Gasteiger partial charge on any atom is 0.147 e. The molecule has 0 amide bonds. The quantitative estimate of drug-likeness (QED) is 0.757. The van der Waals surface area contributed by atoms with Crippen molar-refractivity contribution in [1.29, 1.82) is 0 Å². The molecule has 104 valence electrons. The van der Waals surface area contributed by atoms with Crippen molar-refractivity contribution in [3.05, 3.63) is 66.2 Å². The molecule has 0 spiro atoms. The van der Waals surface area contributed by atoms with Crippen LogP contribution in [-0.2, 0) is 6.42 Å². The Hall–Kier alpha value is -1.83. The molecule has 1 aromatic carbocycles. The summed E-state index contributed by atoms with van der Waals surface area (Å²) in [6.07, 6.45) is 14.5. The van der Waals surface area contributed by atoms with Crippen LogP contribution in [0.1, 0.15) is 25.8 Å². The molecule has 0 saturated carbocycles. The van der Waals surface area contributed by atoms with E-state index in [1.54, 1.807) is 12.1 Å². The van der Waals surface area contributed by atoms with Gasteiger partial charge in [-0.15, -0.1) is 0 Å². The van der Waals surface area contributed by atoms with Crippen LogP contribution in [0.4, 0.5) is 10.1 Å². The predicted octanol–water partition coefficient (Wildman–Crippen LogP) is 4.61. The highest BCUT2D eigenvalue weighted by atomic mass is 19.1. The number of rotatable bonds is 2. The van der Waals surface area contributed by atoms with Crippen molar-refractivity contribution in [2.45, 2.75) is 32.7 Å². The van der Waals surface area contributed by atoms with Gasteiger partial charge in [-0.3, -0.25) is 0 Å². The molecule has 2 atom stereocenters. The van der Waals surface area contributed by atoms with Gasteiger partial charge in [0, 0.05) is 11.6 Å². The third-order valence-corrected chi connectivity index (χ3v) is 4.55. The fourth-order valence-corrected chi connectivity index (χ4v) is 3.11. The minimum atomic E-state index is -0.131. The Morgan fingerprint density at radius 3 is 3.00 bits per heavy atom. The molecule has 0 aromatic heterocycles. The average Bonchev–Trinajstić information content (AvgIpc) is 2.47. The van der Waals surface area contributed by atoms with Crippen molar-refractivity contribution in [3.8, 4) is 0 Å². The summed E-state index contributed by atoms with van der Waals surface area (Å²) in [6.45, 7) is 4.42. The lowest BCUT2D eigenvalue weighted by Crippen LogP contribution is -2.44. The van der Waals surface area contributed by atoms with E-state index >= 15 is 0 Å². The number of nitrogens with zero attached hydrogens (tertiary/aromatic N) is 1. The molecular formula is C18H20FN. The van der Waals surface area contributed by atoms with Crippen molar-refractivity contribution < 1.29 is 4.39 Å². The fraction of sp³-hybridized carbons (Fsp3) is 0.333. The highest BCUT2D eigenvalue weighted by Gasteiger charge is 2.35. The minimum absolute atomic E-state index is 0.0238. The Kier molecular flexibility index (Phi) is 3.25. The standard InChI is InChI=1S/C18H20FN/c1-3-18(2)12-5-4-11-16(18)20-13-7-9-14-8-6-10-15(19)17(14)20/h4-8,10-13,16H,3,9H2,1-2H3. The van der Waals surface area contributed by atoms with Crippen LogP contribution in [0.3, 0.4) is 0 Å². The first-order valence-electron chi connectivity index (χ1n) is 7.24. The maximum atomic E-state index is 14.3. The Balaban J connectivity index is 2.07. The van der Waals surface area contributed by atoms with E-state index in [9.17, 15) is 4.39 Å². The third-order valence-electron chi connectivity index (χ3n) is 4.55. The average molecular weight is 269 g/mol. The number of hydrogen-bond acceptors (Lipinski definition) is 1. The van der Waals surface area contributed by atoms with Crippen LogP contribution in [0.25, 0.3) is 0 Å². The molecule has 1 nitrogen and oxygen atoms in total. The molecule has 0 saturated heterocycles. The summed E-state index contributed by atoms with van der Waals surface area (Å²) in [7, 11) is 0. The molecule has 2 unspecified atom stereocenters. The summed E-state index contributed by atoms with van der Waals surface area (Å²) in [4.78, 5) is 2.09. The topological polar surface area (TPSA) is 3.24 Å². The van der Waals surface area contributed by atoms with Crippen LogP contribution < -0.4 is 4.90 Å². The van der Waals surface area contributed by atoms with Gasteiger partial charge in [0.25, 0.3) is 0 Å². The number of fused-ring (bicyclic) bond motifs is 1. The number of allylic oxidation sites excluding steroid dienone is 3. The van der Waals surface area contributed by atoms with Gasteiger partial charge in [-0.05, 0) is 24.5 Å². The molecule has 20 heavy (non-hydrogen) atoms. The van der Waals surface area contributed by atoms with E-state index in [4.69, 9.17) is 0 Å². The lowest BCUT2D eigenvalue weighted by molar-refractivity contribution is 0.355. The molecule has 1 aliphatic heterocycles. The number of para-hydroxylation sites is 1. The first-order valence-corrected chi connectivity index (χ1v) is 7.24. The van der Waals surface area contributed by atoms with E-state index in [0.29, 0.717) is 0 Å². The Morgan fingerprint density at radius 1 is 1.35 bits per heavy atom. The summed E-state index contributed by atoms with van der Waals surface area (Å²) in [6, 6.07) is 5.52. The zero-order valence-corrected chi connectivity index (χ0v) is 12.0. The molecule has 2 aliphatic rings. The van der Waals surface area contributed by atoms with Gasteiger partial charge in [-0.1, -0.05) is 56.4 Å². The smallest absolute Gasteiger partial charge is 0.147 e. The van der Waals surface area contributed by atoms with E-state index in [0.717, 1.165) is 24.1 Å². The monoisotopic (exact) mass is 269 g/mol. The molecule has 1 aromatic rings. The summed E-state index contributed by atoms with van der Waals surface area (Å²) >= 11 is 0. The second-order valence-electron chi connectivity index (χ2n) is 5.79. The molecule has 1 aliphatic carbocycles. The number of anilines is 1. The summed E-state index contributed by atoms with van der Waals surface area (Å²) in [5.74, 6) is -0.131. The van der Waals surface area contributed by atoms with Crippen LogP contribution >= 0.6 is 0 Å². The molecule has 3 rings (SSSR count). The van der Waals surface area contributed by atoms with Crippen LogP contribution in [0.5, 0.6) is 0 Å². The van der Waals surface area contributed by atoms with Gasteiger partial charge in [0.05, 0.1) is 11.7 Å². The minimum Gasteiger partial charge on any atom is -0.338 e. The maximum absolute atomic E-state index is 14.3. The summed E-state index contributed by atoms with van der Waals surface area (Å²) < 4.78 is 14.3. The highest BCUT2D eigenvalue weighted by molar-refractivity contribution is 5.62. The Bertz CT molecular complexity index is 599. The summed E-state index contributed by atoms with van der Waals surface area (Å²) in [5, 5.41) is 0. The van der Waals surface area contributed by atoms with Crippen molar-refractivity contribution in [1.82, 2.24) is 0 Å². The SMILES string of the molecule is CCC1(C)C=CC=CC1N1C=CCc2cccc(F)c21. The van der Waals surface area contributed by atoms with Crippen molar-refractivity contribution in [2.75, 3.05) is 4.90 Å². The van der Waals surface area contributed by atoms with E-state index in [-0.39, 0.29) is 17.3 Å². The summed E-state index contributed by atoms with van der Waals surface area (Å²) in [5.41, 5.74) is 1.82. The Morgan fingerprint density at radius 2 is 2.20 bits per heavy atom. The van der Waals surface area contributed by atoms with Gasteiger partial charge in [-0.25, -0.2) is 4.39 Å². The van der Waals surface area contributed by atoms with Crippen molar-refractivity contribution in [2.24, 2.45) is 5.41 Å². The molecule has 0 fully saturated rings. The number of hydrogen-bond donors (Lipinski definition) is 0. The van der Waals surface area contributed by atoms with Gasteiger partial charge in [-0.2, -0.15) is 0 Å². The molecular weight excluding hydrogens is 249 g/mol. The van der Waals surface area contributed by atoms with Crippen LogP contribution in [0, 0.1) is 11.2 Å². The van der Waals surface area contributed by atoms with Gasteiger partial charge in [0.2, 0.25) is 0 Å². The zero-order valence-electron chi connectivity index (χ0n) is 12.0. The molecule has 0 bridgehead atoms. The van der Waals surface area contributed by atoms with Gasteiger partial charge < -0.3 is 4.90 Å². The Labute approximate surface area is 120 Å². The lowest BCUT2D eigenvalue weighted by Gasteiger charge is -2.43. The van der Waals surface area contributed by atoms with Crippen molar-refractivity contribution >= 4 is 5.69 Å². The van der Waals surface area contributed by atoms with E-state index in [2.05, 4.69) is 49.1 Å². The van der Waals surface area contributed by atoms with Crippen LogP contribution in [0.2, 0.25) is 0 Å². The van der Waals surface area contributed by atoms with Crippen LogP contribution in [0.15, 0.2) is 54.8 Å². The third kappa shape index (κ3) is 2.00. The first kappa shape index (κ1) is 13.2. The highest BCUT2D eigenvalue weighted by Crippen LogP contribution is 2.40. The van der Waals surface area contributed by atoms with Gasteiger partial charge in [0.15, 0.2) is 0 Å². The van der Waals surface area contributed by atoms with Gasteiger partial charge in [0.1, 0.15) is 5.82 Å². The lowest BCUT2D eigenvalue weighted by atomic mass is 9.76. The van der Waals surface area contributed by atoms with Crippen molar-refractivity contribution in [3.63, 3.8) is 0 Å².